The standard InChI is InChI=1S/C18H21N3/c1-2-5-15(6-3-1)13-20-11-12-21-10-9-19-17-8-4-7-16(14-20)18(17)21/h1-7,14,19H,8-13H2. The number of hydrogen-bond acceptors (Lipinski definition) is 3. The van der Waals surface area contributed by atoms with Crippen LogP contribution in [-0.2, 0) is 6.54 Å². The molecule has 3 aliphatic rings. The third-order valence-corrected chi connectivity index (χ3v) is 4.42. The summed E-state index contributed by atoms with van der Waals surface area (Å²) in [6.07, 6.45) is 7.93. The van der Waals surface area contributed by atoms with Gasteiger partial charge in [0.05, 0.1) is 5.70 Å². The van der Waals surface area contributed by atoms with E-state index >= 15 is 0 Å². The fourth-order valence-electron chi connectivity index (χ4n) is 3.42. The number of nitrogens with zero attached hydrogens (tertiary/aromatic N) is 2. The van der Waals surface area contributed by atoms with Crippen molar-refractivity contribution in [3.8, 4) is 0 Å². The number of rotatable bonds is 2. The quantitative estimate of drug-likeness (QED) is 0.897. The Bertz CT molecular complexity index is 613. The first-order chi connectivity index (χ1) is 10.4. The van der Waals surface area contributed by atoms with Crippen molar-refractivity contribution >= 4 is 0 Å². The van der Waals surface area contributed by atoms with Crippen molar-refractivity contribution in [2.45, 2.75) is 13.0 Å². The fourth-order valence-corrected chi connectivity index (χ4v) is 3.42. The zero-order chi connectivity index (χ0) is 14.1. The Labute approximate surface area is 126 Å². The normalized spacial score (nSPS) is 20.7. The van der Waals surface area contributed by atoms with Crippen molar-refractivity contribution in [2.75, 3.05) is 26.2 Å². The predicted molar refractivity (Wildman–Crippen MR) is 85.3 cm³/mol. The van der Waals surface area contributed by atoms with Crippen LogP contribution in [0.5, 0.6) is 0 Å². The van der Waals surface area contributed by atoms with E-state index in [9.17, 15) is 0 Å². The summed E-state index contributed by atoms with van der Waals surface area (Å²) >= 11 is 0. The average Bonchev–Trinajstić information content (AvgIpc) is 2.70. The van der Waals surface area contributed by atoms with Crippen LogP contribution in [0.25, 0.3) is 0 Å². The van der Waals surface area contributed by atoms with Crippen LogP contribution in [0.4, 0.5) is 0 Å². The van der Waals surface area contributed by atoms with E-state index in [0.29, 0.717) is 0 Å². The Morgan fingerprint density at radius 1 is 1.05 bits per heavy atom. The molecule has 1 aromatic carbocycles. The van der Waals surface area contributed by atoms with Crippen LogP contribution in [-0.4, -0.2) is 36.0 Å². The molecule has 0 spiro atoms. The monoisotopic (exact) mass is 279 g/mol. The van der Waals surface area contributed by atoms with E-state index in [1.165, 1.54) is 22.5 Å². The molecule has 4 rings (SSSR count). The van der Waals surface area contributed by atoms with Crippen LogP contribution in [0.15, 0.2) is 65.7 Å². The van der Waals surface area contributed by atoms with E-state index < -0.39 is 0 Å². The molecule has 21 heavy (non-hydrogen) atoms. The number of nitrogens with one attached hydrogen (secondary N) is 1. The van der Waals surface area contributed by atoms with Crippen LogP contribution >= 0.6 is 0 Å². The molecule has 0 fully saturated rings. The second-order valence-corrected chi connectivity index (χ2v) is 5.89. The summed E-state index contributed by atoms with van der Waals surface area (Å²) in [6, 6.07) is 10.7. The maximum Gasteiger partial charge on any atom is 0.0651 e. The Hall–Kier alpha value is -2.16. The third-order valence-electron chi connectivity index (χ3n) is 4.42. The lowest BCUT2D eigenvalue weighted by Gasteiger charge is -2.35. The Kier molecular flexibility index (Phi) is 3.18. The molecule has 108 valence electrons. The molecule has 0 unspecified atom stereocenters. The van der Waals surface area contributed by atoms with Gasteiger partial charge in [-0.1, -0.05) is 42.5 Å². The van der Waals surface area contributed by atoms with Crippen molar-refractivity contribution in [3.63, 3.8) is 0 Å². The van der Waals surface area contributed by atoms with Gasteiger partial charge in [0.25, 0.3) is 0 Å². The third kappa shape index (κ3) is 2.44. The van der Waals surface area contributed by atoms with Crippen molar-refractivity contribution < 1.29 is 0 Å². The zero-order valence-electron chi connectivity index (χ0n) is 12.3. The molecular weight excluding hydrogens is 258 g/mol. The maximum atomic E-state index is 3.57. The second kappa shape index (κ2) is 5.32. The molecule has 3 heteroatoms. The van der Waals surface area contributed by atoms with E-state index in [4.69, 9.17) is 0 Å². The molecule has 1 aromatic rings. The van der Waals surface area contributed by atoms with Gasteiger partial charge < -0.3 is 15.1 Å². The maximum absolute atomic E-state index is 3.57. The highest BCUT2D eigenvalue weighted by Gasteiger charge is 2.26. The molecule has 0 bridgehead atoms. The topological polar surface area (TPSA) is 18.5 Å². The minimum Gasteiger partial charge on any atom is -0.385 e. The lowest BCUT2D eigenvalue weighted by atomic mass is 10.0. The number of hydrogen-bond donors (Lipinski definition) is 1. The molecule has 1 aliphatic carbocycles. The smallest absolute Gasteiger partial charge is 0.0651 e. The van der Waals surface area contributed by atoms with Gasteiger partial charge in [-0.2, -0.15) is 0 Å². The molecule has 3 nitrogen and oxygen atoms in total. The van der Waals surface area contributed by atoms with Crippen molar-refractivity contribution in [3.05, 3.63) is 71.2 Å². The molecule has 0 saturated heterocycles. The SMILES string of the molecule is C1=CC2=CN(Cc3ccccc3)CCN3CCNC(=C23)C1. The summed E-state index contributed by atoms with van der Waals surface area (Å²) in [6.45, 7) is 5.37. The summed E-state index contributed by atoms with van der Waals surface area (Å²) in [5.41, 5.74) is 5.56. The van der Waals surface area contributed by atoms with Gasteiger partial charge >= 0.3 is 0 Å². The van der Waals surface area contributed by atoms with Gasteiger partial charge in [-0.15, -0.1) is 0 Å². The van der Waals surface area contributed by atoms with Gasteiger partial charge in [0.2, 0.25) is 0 Å². The van der Waals surface area contributed by atoms with Gasteiger partial charge in [0, 0.05) is 56.6 Å². The molecular formula is C18H21N3. The highest BCUT2D eigenvalue weighted by atomic mass is 15.2. The predicted octanol–water partition coefficient (Wildman–Crippen LogP) is 2.46. The summed E-state index contributed by atoms with van der Waals surface area (Å²) in [5.74, 6) is 0. The van der Waals surface area contributed by atoms with Crippen LogP contribution < -0.4 is 5.32 Å². The lowest BCUT2D eigenvalue weighted by molar-refractivity contribution is 0.282. The largest absolute Gasteiger partial charge is 0.385 e. The first-order valence-corrected chi connectivity index (χ1v) is 7.79. The van der Waals surface area contributed by atoms with E-state index in [2.05, 4.69) is 63.8 Å². The van der Waals surface area contributed by atoms with E-state index in [-0.39, 0.29) is 0 Å². The second-order valence-electron chi connectivity index (χ2n) is 5.89. The molecule has 0 radical (unpaired) electrons. The summed E-state index contributed by atoms with van der Waals surface area (Å²) in [4.78, 5) is 5.00. The first-order valence-electron chi connectivity index (χ1n) is 7.79. The lowest BCUT2D eigenvalue weighted by Crippen LogP contribution is -2.41. The molecule has 0 atom stereocenters. The highest BCUT2D eigenvalue weighted by Crippen LogP contribution is 2.30. The zero-order valence-corrected chi connectivity index (χ0v) is 12.3. The summed E-state index contributed by atoms with van der Waals surface area (Å²) < 4.78 is 0. The molecule has 0 amide bonds. The Morgan fingerprint density at radius 2 is 1.95 bits per heavy atom. The van der Waals surface area contributed by atoms with Crippen LogP contribution in [0.1, 0.15) is 12.0 Å². The first kappa shape index (κ1) is 12.6. The molecule has 0 aromatic heterocycles. The van der Waals surface area contributed by atoms with E-state index in [1.54, 1.807) is 0 Å². The van der Waals surface area contributed by atoms with Gasteiger partial charge in [-0.05, 0) is 5.56 Å². The van der Waals surface area contributed by atoms with E-state index in [0.717, 1.165) is 39.1 Å². The average molecular weight is 279 g/mol. The highest BCUT2D eigenvalue weighted by molar-refractivity contribution is 5.47. The number of benzene rings is 1. The Morgan fingerprint density at radius 3 is 2.86 bits per heavy atom. The van der Waals surface area contributed by atoms with Crippen LogP contribution in [0.2, 0.25) is 0 Å². The van der Waals surface area contributed by atoms with Gasteiger partial charge in [0.1, 0.15) is 0 Å². The van der Waals surface area contributed by atoms with Crippen LogP contribution in [0, 0.1) is 0 Å². The molecule has 1 N–H and O–H groups in total. The summed E-state index contributed by atoms with van der Waals surface area (Å²) in [7, 11) is 0. The van der Waals surface area contributed by atoms with Gasteiger partial charge in [-0.3, -0.25) is 0 Å². The molecule has 2 heterocycles. The van der Waals surface area contributed by atoms with Crippen molar-refractivity contribution in [1.29, 1.82) is 0 Å². The molecule has 2 aliphatic heterocycles. The minimum atomic E-state index is 0.988. The van der Waals surface area contributed by atoms with E-state index in [1.807, 2.05) is 0 Å². The van der Waals surface area contributed by atoms with Crippen LogP contribution in [0.3, 0.4) is 0 Å². The summed E-state index contributed by atoms with van der Waals surface area (Å²) in [5, 5.41) is 3.57. The fraction of sp³-hybridized carbons (Fsp3) is 0.333. The molecule has 0 saturated carbocycles. The van der Waals surface area contributed by atoms with Gasteiger partial charge in [0.15, 0.2) is 0 Å². The minimum absolute atomic E-state index is 0.988. The van der Waals surface area contributed by atoms with Crippen molar-refractivity contribution in [2.24, 2.45) is 0 Å². The van der Waals surface area contributed by atoms with Crippen molar-refractivity contribution in [1.82, 2.24) is 15.1 Å². The van der Waals surface area contributed by atoms with Gasteiger partial charge in [-0.25, -0.2) is 0 Å². The Balaban J connectivity index is 1.63. The number of allylic oxidation sites excluding steroid dienone is 2.